The Balaban J connectivity index is 1.81. The SMILES string of the molecule is CC(=O)NCCc1ccc(C(C)NCC(O)c2ccncc2)cc1. The number of hydrogen-bond acceptors (Lipinski definition) is 4. The van der Waals surface area contributed by atoms with Gasteiger partial charge in [0.05, 0.1) is 6.10 Å². The van der Waals surface area contributed by atoms with Crippen LogP contribution in [-0.4, -0.2) is 29.1 Å². The topological polar surface area (TPSA) is 74.2 Å². The molecular formula is C19H25N3O2. The molecule has 0 fully saturated rings. The van der Waals surface area contributed by atoms with Crippen molar-refractivity contribution in [3.05, 3.63) is 65.5 Å². The third-order valence-corrected chi connectivity index (χ3v) is 3.98. The maximum atomic E-state index is 10.9. The Morgan fingerprint density at radius 2 is 1.79 bits per heavy atom. The molecule has 0 radical (unpaired) electrons. The van der Waals surface area contributed by atoms with Crippen LogP contribution in [0.2, 0.25) is 0 Å². The van der Waals surface area contributed by atoms with Gasteiger partial charge in [-0.15, -0.1) is 0 Å². The zero-order valence-electron chi connectivity index (χ0n) is 14.2. The summed E-state index contributed by atoms with van der Waals surface area (Å²) in [6.07, 6.45) is 3.64. The number of nitrogens with one attached hydrogen (secondary N) is 2. The van der Waals surface area contributed by atoms with E-state index in [2.05, 4.69) is 46.8 Å². The molecule has 0 aliphatic carbocycles. The quantitative estimate of drug-likeness (QED) is 0.694. The highest BCUT2D eigenvalue weighted by Gasteiger charge is 2.10. The first kappa shape index (κ1) is 18.1. The molecule has 1 aromatic carbocycles. The lowest BCUT2D eigenvalue weighted by Crippen LogP contribution is -2.24. The van der Waals surface area contributed by atoms with Crippen LogP contribution in [0.5, 0.6) is 0 Å². The van der Waals surface area contributed by atoms with Gasteiger partial charge in [0.1, 0.15) is 0 Å². The molecular weight excluding hydrogens is 302 g/mol. The molecule has 0 spiro atoms. The number of aromatic nitrogens is 1. The summed E-state index contributed by atoms with van der Waals surface area (Å²) in [6.45, 7) is 4.73. The van der Waals surface area contributed by atoms with E-state index in [1.165, 1.54) is 18.1 Å². The number of carbonyl (C=O) groups excluding carboxylic acids is 1. The molecule has 24 heavy (non-hydrogen) atoms. The van der Waals surface area contributed by atoms with Crippen LogP contribution in [0.1, 0.15) is 42.7 Å². The fraction of sp³-hybridized carbons (Fsp3) is 0.368. The highest BCUT2D eigenvalue weighted by atomic mass is 16.3. The van der Waals surface area contributed by atoms with E-state index in [0.717, 1.165) is 12.0 Å². The van der Waals surface area contributed by atoms with Crippen molar-refractivity contribution in [2.45, 2.75) is 32.4 Å². The Labute approximate surface area is 143 Å². The summed E-state index contributed by atoms with van der Waals surface area (Å²) in [5.74, 6) is -0.00260. The van der Waals surface area contributed by atoms with Crippen LogP contribution in [0.4, 0.5) is 0 Å². The van der Waals surface area contributed by atoms with E-state index in [1.807, 2.05) is 12.1 Å². The van der Waals surface area contributed by atoms with Gasteiger partial charge in [-0.2, -0.15) is 0 Å². The van der Waals surface area contributed by atoms with Gasteiger partial charge in [0, 0.05) is 38.4 Å². The second kappa shape index (κ2) is 9.15. The van der Waals surface area contributed by atoms with Gasteiger partial charge < -0.3 is 15.7 Å². The van der Waals surface area contributed by atoms with Crippen LogP contribution in [0.15, 0.2) is 48.8 Å². The maximum Gasteiger partial charge on any atom is 0.216 e. The molecule has 0 saturated heterocycles. The van der Waals surface area contributed by atoms with Gasteiger partial charge in [-0.1, -0.05) is 24.3 Å². The normalized spacial score (nSPS) is 13.3. The number of aliphatic hydroxyl groups is 1. The number of rotatable bonds is 8. The third kappa shape index (κ3) is 5.76. The molecule has 5 nitrogen and oxygen atoms in total. The second-order valence-electron chi connectivity index (χ2n) is 5.90. The fourth-order valence-electron chi connectivity index (χ4n) is 2.47. The summed E-state index contributed by atoms with van der Waals surface area (Å²) in [7, 11) is 0. The average molecular weight is 327 g/mol. The summed E-state index contributed by atoms with van der Waals surface area (Å²) in [5, 5.41) is 16.3. The number of carbonyl (C=O) groups is 1. The molecule has 1 heterocycles. The zero-order valence-corrected chi connectivity index (χ0v) is 14.2. The van der Waals surface area contributed by atoms with Crippen LogP contribution < -0.4 is 10.6 Å². The predicted molar refractivity (Wildman–Crippen MR) is 94.4 cm³/mol. The third-order valence-electron chi connectivity index (χ3n) is 3.98. The molecule has 2 atom stereocenters. The summed E-state index contributed by atoms with van der Waals surface area (Å²) < 4.78 is 0. The van der Waals surface area contributed by atoms with Gasteiger partial charge in [-0.25, -0.2) is 0 Å². The number of amides is 1. The minimum absolute atomic E-state index is 0.00260. The monoisotopic (exact) mass is 327 g/mol. The Hall–Kier alpha value is -2.24. The van der Waals surface area contributed by atoms with E-state index in [1.54, 1.807) is 12.4 Å². The molecule has 1 aromatic heterocycles. The van der Waals surface area contributed by atoms with E-state index >= 15 is 0 Å². The lowest BCUT2D eigenvalue weighted by molar-refractivity contribution is -0.118. The molecule has 2 rings (SSSR count). The Morgan fingerprint density at radius 3 is 2.42 bits per heavy atom. The lowest BCUT2D eigenvalue weighted by Gasteiger charge is -2.18. The first-order valence-corrected chi connectivity index (χ1v) is 8.21. The van der Waals surface area contributed by atoms with E-state index in [0.29, 0.717) is 13.1 Å². The summed E-state index contributed by atoms with van der Waals surface area (Å²) in [4.78, 5) is 14.8. The molecule has 0 bridgehead atoms. The molecule has 1 amide bonds. The molecule has 5 heteroatoms. The molecule has 0 aliphatic heterocycles. The number of aliphatic hydroxyl groups excluding tert-OH is 1. The minimum Gasteiger partial charge on any atom is -0.387 e. The molecule has 0 saturated carbocycles. The minimum atomic E-state index is -0.549. The van der Waals surface area contributed by atoms with E-state index in [-0.39, 0.29) is 11.9 Å². The van der Waals surface area contributed by atoms with Crippen molar-refractivity contribution in [2.75, 3.05) is 13.1 Å². The summed E-state index contributed by atoms with van der Waals surface area (Å²) in [5.41, 5.74) is 3.22. The van der Waals surface area contributed by atoms with Gasteiger partial charge in [-0.05, 0) is 42.2 Å². The molecule has 2 aromatic rings. The van der Waals surface area contributed by atoms with Crippen LogP contribution in [-0.2, 0) is 11.2 Å². The van der Waals surface area contributed by atoms with Gasteiger partial charge in [0.2, 0.25) is 5.91 Å². The lowest BCUT2D eigenvalue weighted by atomic mass is 10.0. The smallest absolute Gasteiger partial charge is 0.216 e. The maximum absolute atomic E-state index is 10.9. The van der Waals surface area contributed by atoms with E-state index in [4.69, 9.17) is 0 Å². The Morgan fingerprint density at radius 1 is 1.12 bits per heavy atom. The van der Waals surface area contributed by atoms with Crippen LogP contribution in [0.25, 0.3) is 0 Å². The number of benzene rings is 1. The van der Waals surface area contributed by atoms with Gasteiger partial charge in [-0.3, -0.25) is 9.78 Å². The first-order valence-electron chi connectivity index (χ1n) is 8.21. The van der Waals surface area contributed by atoms with Gasteiger partial charge in [0.15, 0.2) is 0 Å². The highest BCUT2D eigenvalue weighted by molar-refractivity contribution is 5.72. The van der Waals surface area contributed by atoms with Gasteiger partial charge >= 0.3 is 0 Å². The van der Waals surface area contributed by atoms with Crippen molar-refractivity contribution in [1.29, 1.82) is 0 Å². The van der Waals surface area contributed by atoms with Crippen LogP contribution >= 0.6 is 0 Å². The highest BCUT2D eigenvalue weighted by Crippen LogP contribution is 2.16. The molecule has 2 unspecified atom stereocenters. The van der Waals surface area contributed by atoms with Crippen LogP contribution in [0.3, 0.4) is 0 Å². The predicted octanol–water partition coefficient (Wildman–Crippen LogP) is 2.14. The molecule has 3 N–H and O–H groups in total. The van der Waals surface area contributed by atoms with E-state index in [9.17, 15) is 9.90 Å². The first-order chi connectivity index (χ1) is 11.6. The summed E-state index contributed by atoms with van der Waals surface area (Å²) in [6, 6.07) is 12.1. The van der Waals surface area contributed by atoms with Crippen molar-refractivity contribution in [2.24, 2.45) is 0 Å². The molecule has 128 valence electrons. The Bertz CT molecular complexity index is 629. The Kier molecular flexibility index (Phi) is 6.90. The van der Waals surface area contributed by atoms with Crippen molar-refractivity contribution in [1.82, 2.24) is 15.6 Å². The standard InChI is InChI=1S/C19H25N3O2/c1-14(22-13-19(24)18-8-10-20-11-9-18)17-5-3-16(4-6-17)7-12-21-15(2)23/h3-6,8-11,14,19,22,24H,7,12-13H2,1-2H3,(H,21,23). The fourth-order valence-corrected chi connectivity index (χ4v) is 2.47. The van der Waals surface area contributed by atoms with Crippen molar-refractivity contribution < 1.29 is 9.90 Å². The number of pyridine rings is 1. The number of hydrogen-bond donors (Lipinski definition) is 3. The van der Waals surface area contributed by atoms with Gasteiger partial charge in [0.25, 0.3) is 0 Å². The van der Waals surface area contributed by atoms with Crippen molar-refractivity contribution in [3.63, 3.8) is 0 Å². The zero-order chi connectivity index (χ0) is 17.4. The molecule has 0 aliphatic rings. The van der Waals surface area contributed by atoms with Crippen LogP contribution in [0, 0.1) is 0 Å². The van der Waals surface area contributed by atoms with Crippen molar-refractivity contribution in [3.8, 4) is 0 Å². The summed E-state index contributed by atoms with van der Waals surface area (Å²) >= 11 is 0. The second-order valence-corrected chi connectivity index (χ2v) is 5.90. The number of nitrogens with zero attached hydrogens (tertiary/aromatic N) is 1. The van der Waals surface area contributed by atoms with Crippen molar-refractivity contribution >= 4 is 5.91 Å². The average Bonchev–Trinajstić information content (AvgIpc) is 2.60. The largest absolute Gasteiger partial charge is 0.387 e. The van der Waals surface area contributed by atoms with E-state index < -0.39 is 6.10 Å².